The zero-order valence-corrected chi connectivity index (χ0v) is 13.1. The number of halogens is 1. The number of nitrogens with zero attached hydrogens (tertiary/aromatic N) is 2. The van der Waals surface area contributed by atoms with Crippen LogP contribution >= 0.6 is 0 Å². The summed E-state index contributed by atoms with van der Waals surface area (Å²) in [5.74, 6) is -1.60. The van der Waals surface area contributed by atoms with Crippen LogP contribution in [0.3, 0.4) is 0 Å². The fraction of sp³-hybridized carbons (Fsp3) is 0.278. The molecule has 3 rings (SSSR count). The highest BCUT2D eigenvalue weighted by Gasteiger charge is 2.34. The Morgan fingerprint density at radius 3 is 2.50 bits per heavy atom. The molecule has 5 nitrogen and oxygen atoms in total. The number of aromatic carboxylic acids is 1. The molecule has 2 unspecified atom stereocenters. The smallest absolute Gasteiger partial charge is 0.354 e. The van der Waals surface area contributed by atoms with Crippen LogP contribution < -0.4 is 0 Å². The summed E-state index contributed by atoms with van der Waals surface area (Å²) < 4.78 is 13.1. The lowest BCUT2D eigenvalue weighted by Gasteiger charge is -2.21. The zero-order valence-electron chi connectivity index (χ0n) is 13.1. The van der Waals surface area contributed by atoms with Crippen molar-refractivity contribution in [3.8, 4) is 0 Å². The Balaban J connectivity index is 1.79. The maximum atomic E-state index is 13.1. The van der Waals surface area contributed by atoms with Crippen LogP contribution in [0.5, 0.6) is 0 Å². The number of amides is 1. The van der Waals surface area contributed by atoms with Gasteiger partial charge in [0, 0.05) is 18.5 Å². The van der Waals surface area contributed by atoms with Crippen molar-refractivity contribution in [3.63, 3.8) is 0 Å². The molecule has 0 spiro atoms. The van der Waals surface area contributed by atoms with E-state index in [0.717, 1.165) is 12.0 Å². The van der Waals surface area contributed by atoms with E-state index in [2.05, 4.69) is 4.98 Å². The number of likely N-dealkylation sites (tertiary alicyclic amines) is 1. The molecular weight excluding hydrogens is 311 g/mol. The van der Waals surface area contributed by atoms with Crippen LogP contribution in [0.25, 0.3) is 0 Å². The summed E-state index contributed by atoms with van der Waals surface area (Å²) in [6.07, 6.45) is 0.774. The molecule has 0 saturated carbocycles. The van der Waals surface area contributed by atoms with Gasteiger partial charge in [-0.15, -0.1) is 0 Å². The summed E-state index contributed by atoms with van der Waals surface area (Å²) >= 11 is 0. The predicted octanol–water partition coefficient (Wildman–Crippen LogP) is 2.94. The maximum absolute atomic E-state index is 13.1. The Labute approximate surface area is 138 Å². The third-order valence-electron chi connectivity index (χ3n) is 4.36. The van der Waals surface area contributed by atoms with Gasteiger partial charge in [0.05, 0.1) is 0 Å². The molecule has 2 atom stereocenters. The van der Waals surface area contributed by atoms with E-state index in [1.807, 2.05) is 6.92 Å². The van der Waals surface area contributed by atoms with Crippen molar-refractivity contribution in [2.75, 3.05) is 6.54 Å². The second kappa shape index (κ2) is 6.39. The van der Waals surface area contributed by atoms with Gasteiger partial charge in [-0.1, -0.05) is 18.2 Å². The number of carbonyl (C=O) groups is 2. The Bertz CT molecular complexity index is 776. The molecule has 1 fully saturated rings. The van der Waals surface area contributed by atoms with E-state index in [1.165, 1.54) is 30.3 Å². The van der Waals surface area contributed by atoms with Gasteiger partial charge in [0.1, 0.15) is 17.2 Å². The van der Waals surface area contributed by atoms with Crippen LogP contribution in [0.2, 0.25) is 0 Å². The normalized spacial score (nSPS) is 20.2. The molecule has 1 aliphatic rings. The fourth-order valence-corrected chi connectivity index (χ4v) is 3.11. The first-order valence-electron chi connectivity index (χ1n) is 7.72. The molecule has 0 radical (unpaired) electrons. The molecule has 6 heteroatoms. The number of aromatic nitrogens is 1. The highest BCUT2D eigenvalue weighted by atomic mass is 19.1. The minimum Gasteiger partial charge on any atom is -0.477 e. The van der Waals surface area contributed by atoms with E-state index >= 15 is 0 Å². The molecule has 24 heavy (non-hydrogen) atoms. The summed E-state index contributed by atoms with van der Waals surface area (Å²) in [7, 11) is 0. The third-order valence-corrected chi connectivity index (χ3v) is 4.36. The first kappa shape index (κ1) is 16.1. The molecule has 2 heterocycles. The fourth-order valence-electron chi connectivity index (χ4n) is 3.11. The molecule has 1 aromatic heterocycles. The van der Waals surface area contributed by atoms with Gasteiger partial charge in [-0.2, -0.15) is 0 Å². The largest absolute Gasteiger partial charge is 0.477 e. The van der Waals surface area contributed by atoms with Gasteiger partial charge >= 0.3 is 5.97 Å². The van der Waals surface area contributed by atoms with Crippen LogP contribution in [-0.4, -0.2) is 39.5 Å². The molecule has 2 aromatic rings. The van der Waals surface area contributed by atoms with Crippen molar-refractivity contribution in [3.05, 3.63) is 65.2 Å². The van der Waals surface area contributed by atoms with Crippen LogP contribution in [0.1, 0.15) is 45.8 Å². The summed E-state index contributed by atoms with van der Waals surface area (Å²) in [5, 5.41) is 9.00. The van der Waals surface area contributed by atoms with E-state index in [-0.39, 0.29) is 35.1 Å². The molecular formula is C18H17FN2O3. The minimum absolute atomic E-state index is 0.00263. The highest BCUT2D eigenvalue weighted by molar-refractivity contribution is 5.94. The van der Waals surface area contributed by atoms with Crippen LogP contribution in [0, 0.1) is 5.82 Å². The Morgan fingerprint density at radius 1 is 1.17 bits per heavy atom. The number of rotatable bonds is 3. The number of carbonyl (C=O) groups excluding carboxylic acids is 1. The van der Waals surface area contributed by atoms with Crippen molar-refractivity contribution < 1.29 is 19.1 Å². The number of hydrogen-bond acceptors (Lipinski definition) is 3. The van der Waals surface area contributed by atoms with Crippen molar-refractivity contribution >= 4 is 11.9 Å². The van der Waals surface area contributed by atoms with Crippen LogP contribution in [-0.2, 0) is 0 Å². The third kappa shape index (κ3) is 3.13. The Hall–Kier alpha value is -2.76. The topological polar surface area (TPSA) is 70.5 Å². The maximum Gasteiger partial charge on any atom is 0.354 e. The van der Waals surface area contributed by atoms with E-state index < -0.39 is 5.97 Å². The molecule has 0 aliphatic carbocycles. The van der Waals surface area contributed by atoms with Gasteiger partial charge in [0.25, 0.3) is 5.91 Å². The van der Waals surface area contributed by atoms with Crippen molar-refractivity contribution in [1.29, 1.82) is 0 Å². The summed E-state index contributed by atoms with van der Waals surface area (Å²) in [6.45, 7) is 2.45. The number of pyridine rings is 1. The summed E-state index contributed by atoms with van der Waals surface area (Å²) in [6, 6.07) is 10.7. The summed E-state index contributed by atoms with van der Waals surface area (Å²) in [4.78, 5) is 29.3. The van der Waals surface area contributed by atoms with Crippen LogP contribution in [0.15, 0.2) is 42.5 Å². The molecule has 1 amide bonds. The number of carboxylic acid groups (broad SMARTS) is 1. The zero-order chi connectivity index (χ0) is 17.3. The number of hydrogen-bond donors (Lipinski definition) is 1. The number of benzene rings is 1. The quantitative estimate of drug-likeness (QED) is 0.940. The van der Waals surface area contributed by atoms with Gasteiger partial charge in [0.15, 0.2) is 0 Å². The molecule has 124 valence electrons. The highest BCUT2D eigenvalue weighted by Crippen LogP contribution is 2.32. The van der Waals surface area contributed by atoms with E-state index in [0.29, 0.717) is 6.54 Å². The first-order chi connectivity index (χ1) is 11.5. The lowest BCUT2D eigenvalue weighted by atomic mass is 9.97. The Kier molecular flexibility index (Phi) is 4.29. The lowest BCUT2D eigenvalue weighted by molar-refractivity contribution is 0.0689. The Morgan fingerprint density at radius 2 is 1.83 bits per heavy atom. The average Bonchev–Trinajstić information content (AvgIpc) is 2.96. The molecule has 1 N–H and O–H groups in total. The van der Waals surface area contributed by atoms with Gasteiger partial charge in [0.2, 0.25) is 0 Å². The van der Waals surface area contributed by atoms with E-state index in [1.54, 1.807) is 17.0 Å². The summed E-state index contributed by atoms with van der Waals surface area (Å²) in [5.41, 5.74) is 0.968. The second-order valence-corrected chi connectivity index (χ2v) is 6.00. The number of carboxylic acids is 1. The van der Waals surface area contributed by atoms with Crippen molar-refractivity contribution in [2.24, 2.45) is 0 Å². The predicted molar refractivity (Wildman–Crippen MR) is 85.5 cm³/mol. The molecule has 1 saturated heterocycles. The van der Waals surface area contributed by atoms with E-state index in [9.17, 15) is 14.0 Å². The standard InChI is InChI=1S/C18H17FN2O3/c1-11-9-13(12-5-7-14(19)8-6-12)10-21(11)17(22)15-3-2-4-16(20-15)18(23)24/h2-8,11,13H,9-10H2,1H3,(H,23,24). The van der Waals surface area contributed by atoms with Crippen molar-refractivity contribution in [2.45, 2.75) is 25.3 Å². The van der Waals surface area contributed by atoms with Gasteiger partial charge in [-0.25, -0.2) is 14.2 Å². The molecule has 1 aromatic carbocycles. The second-order valence-electron chi connectivity index (χ2n) is 6.00. The molecule has 1 aliphatic heterocycles. The van der Waals surface area contributed by atoms with Crippen LogP contribution in [0.4, 0.5) is 4.39 Å². The minimum atomic E-state index is -1.16. The van der Waals surface area contributed by atoms with Gasteiger partial charge in [-0.05, 0) is 43.2 Å². The van der Waals surface area contributed by atoms with Gasteiger partial charge in [-0.3, -0.25) is 4.79 Å². The van der Waals surface area contributed by atoms with Crippen molar-refractivity contribution in [1.82, 2.24) is 9.88 Å². The monoisotopic (exact) mass is 328 g/mol. The average molecular weight is 328 g/mol. The van der Waals surface area contributed by atoms with Gasteiger partial charge < -0.3 is 10.0 Å². The first-order valence-corrected chi connectivity index (χ1v) is 7.72. The molecule has 0 bridgehead atoms. The lowest BCUT2D eigenvalue weighted by Crippen LogP contribution is -2.34. The van der Waals surface area contributed by atoms with E-state index in [4.69, 9.17) is 5.11 Å². The SMILES string of the molecule is CC1CC(c2ccc(F)cc2)CN1C(=O)c1cccc(C(=O)O)n1.